The molecule has 1 fully saturated rings. The van der Waals surface area contributed by atoms with E-state index in [0.29, 0.717) is 13.2 Å². The fourth-order valence-corrected chi connectivity index (χ4v) is 3.58. The van der Waals surface area contributed by atoms with Crippen LogP contribution in [-0.2, 0) is 11.3 Å². The number of rotatable bonds is 5. The minimum atomic E-state index is -0.249. The maximum Gasteiger partial charge on any atom is 0.123 e. The van der Waals surface area contributed by atoms with Crippen LogP contribution in [0.25, 0.3) is 10.8 Å². The molecule has 1 aliphatic rings. The van der Waals surface area contributed by atoms with Gasteiger partial charge in [0.2, 0.25) is 0 Å². The Morgan fingerprint density at radius 2 is 2.00 bits per heavy atom. The monoisotopic (exact) mass is 382 g/mol. The Hall–Kier alpha value is -2.70. The summed E-state index contributed by atoms with van der Waals surface area (Å²) in [6, 6.07) is 12.4. The number of ether oxygens (including phenoxy) is 3. The molecule has 3 aromatic rings. The van der Waals surface area contributed by atoms with Crippen molar-refractivity contribution in [3.8, 4) is 11.5 Å². The highest BCUT2D eigenvalue weighted by Gasteiger charge is 2.24. The van der Waals surface area contributed by atoms with Crippen LogP contribution >= 0.6 is 0 Å². The number of nitrogens with zero attached hydrogens (tertiary/aromatic N) is 2. The number of fused-ring (bicyclic) bond motifs is 1. The van der Waals surface area contributed by atoms with Crippen LogP contribution in [0.1, 0.15) is 17.4 Å². The van der Waals surface area contributed by atoms with E-state index in [1.54, 1.807) is 26.5 Å². The van der Waals surface area contributed by atoms with E-state index in [0.717, 1.165) is 46.6 Å². The van der Waals surface area contributed by atoms with E-state index in [4.69, 9.17) is 14.2 Å². The van der Waals surface area contributed by atoms with Crippen molar-refractivity contribution in [2.24, 2.45) is 0 Å². The van der Waals surface area contributed by atoms with Crippen molar-refractivity contribution in [3.05, 3.63) is 65.7 Å². The van der Waals surface area contributed by atoms with E-state index in [1.165, 1.54) is 12.1 Å². The molecule has 146 valence electrons. The third-order valence-electron chi connectivity index (χ3n) is 5.07. The molecule has 5 nitrogen and oxygen atoms in total. The third kappa shape index (κ3) is 3.93. The van der Waals surface area contributed by atoms with Gasteiger partial charge in [0.25, 0.3) is 0 Å². The van der Waals surface area contributed by atoms with Crippen LogP contribution in [0.5, 0.6) is 11.5 Å². The summed E-state index contributed by atoms with van der Waals surface area (Å²) < 4.78 is 30.4. The molecule has 1 aliphatic heterocycles. The fraction of sp³-hybridized carbons (Fsp3) is 0.318. The molecule has 1 atom stereocenters. The van der Waals surface area contributed by atoms with Crippen molar-refractivity contribution < 1.29 is 18.6 Å². The van der Waals surface area contributed by atoms with E-state index in [1.807, 2.05) is 24.3 Å². The Balaban J connectivity index is 1.53. The molecule has 0 spiro atoms. The molecule has 0 bridgehead atoms. The van der Waals surface area contributed by atoms with Crippen molar-refractivity contribution >= 4 is 10.8 Å². The Labute approximate surface area is 163 Å². The summed E-state index contributed by atoms with van der Waals surface area (Å²) in [4.78, 5) is 6.85. The molecule has 4 rings (SSSR count). The molecule has 28 heavy (non-hydrogen) atoms. The van der Waals surface area contributed by atoms with Crippen molar-refractivity contribution in [2.75, 3.05) is 33.9 Å². The zero-order chi connectivity index (χ0) is 19.5. The highest BCUT2D eigenvalue weighted by molar-refractivity contribution is 5.82. The average molecular weight is 382 g/mol. The second-order valence-corrected chi connectivity index (χ2v) is 6.87. The smallest absolute Gasteiger partial charge is 0.123 e. The number of hydrogen-bond donors (Lipinski definition) is 0. The quantitative estimate of drug-likeness (QED) is 0.668. The number of methoxy groups -OCH3 is 2. The first-order valence-electron chi connectivity index (χ1n) is 9.26. The van der Waals surface area contributed by atoms with E-state index in [9.17, 15) is 4.39 Å². The lowest BCUT2D eigenvalue weighted by Crippen LogP contribution is -2.38. The lowest BCUT2D eigenvalue weighted by Gasteiger charge is -2.33. The van der Waals surface area contributed by atoms with Crippen LogP contribution in [0.15, 0.2) is 48.7 Å². The zero-order valence-electron chi connectivity index (χ0n) is 16.0. The summed E-state index contributed by atoms with van der Waals surface area (Å²) in [6.45, 7) is 2.86. The number of morpholine rings is 1. The molecule has 6 heteroatoms. The van der Waals surface area contributed by atoms with Gasteiger partial charge in [0, 0.05) is 36.8 Å². The second kappa shape index (κ2) is 8.12. The Bertz CT molecular complexity index is 979. The molecular formula is C22H23FN2O3. The fourth-order valence-electron chi connectivity index (χ4n) is 3.58. The number of pyridine rings is 1. The topological polar surface area (TPSA) is 43.8 Å². The van der Waals surface area contributed by atoms with Gasteiger partial charge >= 0.3 is 0 Å². The summed E-state index contributed by atoms with van der Waals surface area (Å²) >= 11 is 0. The van der Waals surface area contributed by atoms with E-state index < -0.39 is 0 Å². The van der Waals surface area contributed by atoms with Gasteiger partial charge in [-0.15, -0.1) is 0 Å². The molecule has 2 heterocycles. The van der Waals surface area contributed by atoms with Crippen LogP contribution in [0, 0.1) is 5.82 Å². The van der Waals surface area contributed by atoms with Crippen LogP contribution in [0.3, 0.4) is 0 Å². The van der Waals surface area contributed by atoms with Crippen LogP contribution in [0.4, 0.5) is 4.39 Å². The Kier molecular flexibility index (Phi) is 5.41. The highest BCUT2D eigenvalue weighted by atomic mass is 19.1. The van der Waals surface area contributed by atoms with Gasteiger partial charge in [-0.05, 0) is 47.9 Å². The van der Waals surface area contributed by atoms with Crippen LogP contribution in [-0.4, -0.2) is 43.8 Å². The van der Waals surface area contributed by atoms with E-state index >= 15 is 0 Å². The first-order chi connectivity index (χ1) is 13.7. The van der Waals surface area contributed by atoms with Crippen molar-refractivity contribution in [2.45, 2.75) is 12.6 Å². The second-order valence-electron chi connectivity index (χ2n) is 6.87. The molecule has 0 amide bonds. The maximum atomic E-state index is 13.6. The van der Waals surface area contributed by atoms with Crippen molar-refractivity contribution in [3.63, 3.8) is 0 Å². The minimum absolute atomic E-state index is 0.155. The molecule has 0 saturated carbocycles. The molecule has 0 unspecified atom stereocenters. The first kappa shape index (κ1) is 18.7. The van der Waals surface area contributed by atoms with E-state index in [2.05, 4.69) is 9.88 Å². The van der Waals surface area contributed by atoms with Gasteiger partial charge in [0.15, 0.2) is 0 Å². The molecule has 1 saturated heterocycles. The van der Waals surface area contributed by atoms with Gasteiger partial charge in [-0.3, -0.25) is 9.88 Å². The Morgan fingerprint density at radius 3 is 2.82 bits per heavy atom. The lowest BCUT2D eigenvalue weighted by molar-refractivity contribution is -0.0350. The molecule has 1 aromatic heterocycles. The standard InChI is InChI=1S/C22H23FN2O3/c1-26-19-5-6-21(27-2)17(10-19)13-25-7-8-28-22(14-25)20-11-16-9-18(23)4-3-15(16)12-24-20/h3-6,9-12,22H,7-8,13-14H2,1-2H3/t22-/m0/s1. The van der Waals surface area contributed by atoms with Gasteiger partial charge in [0.05, 0.1) is 26.5 Å². The third-order valence-corrected chi connectivity index (χ3v) is 5.07. The summed E-state index contributed by atoms with van der Waals surface area (Å²) in [5.41, 5.74) is 1.89. The van der Waals surface area contributed by atoms with Crippen molar-refractivity contribution in [1.29, 1.82) is 0 Å². The lowest BCUT2D eigenvalue weighted by atomic mass is 10.1. The predicted octanol–water partition coefficient (Wildman–Crippen LogP) is 3.96. The summed E-state index contributed by atoms with van der Waals surface area (Å²) in [5.74, 6) is 1.39. The average Bonchev–Trinajstić information content (AvgIpc) is 2.73. The van der Waals surface area contributed by atoms with E-state index in [-0.39, 0.29) is 11.9 Å². The molecular weight excluding hydrogens is 359 g/mol. The minimum Gasteiger partial charge on any atom is -0.497 e. The highest BCUT2D eigenvalue weighted by Crippen LogP contribution is 2.29. The number of halogens is 1. The van der Waals surface area contributed by atoms with Gasteiger partial charge < -0.3 is 14.2 Å². The molecule has 0 aliphatic carbocycles. The Morgan fingerprint density at radius 1 is 1.11 bits per heavy atom. The number of benzene rings is 2. The largest absolute Gasteiger partial charge is 0.497 e. The summed E-state index contributed by atoms with van der Waals surface area (Å²) in [6.07, 6.45) is 1.62. The van der Waals surface area contributed by atoms with Crippen LogP contribution < -0.4 is 9.47 Å². The van der Waals surface area contributed by atoms with Gasteiger partial charge in [-0.1, -0.05) is 0 Å². The summed E-state index contributed by atoms with van der Waals surface area (Å²) in [7, 11) is 3.33. The number of aromatic nitrogens is 1. The van der Waals surface area contributed by atoms with Gasteiger partial charge in [0.1, 0.15) is 23.4 Å². The number of hydrogen-bond acceptors (Lipinski definition) is 5. The summed E-state index contributed by atoms with van der Waals surface area (Å²) in [5, 5.41) is 1.75. The van der Waals surface area contributed by atoms with Crippen molar-refractivity contribution in [1.82, 2.24) is 9.88 Å². The van der Waals surface area contributed by atoms with Gasteiger partial charge in [-0.25, -0.2) is 4.39 Å². The normalized spacial score (nSPS) is 17.6. The molecule has 0 N–H and O–H groups in total. The SMILES string of the molecule is COc1ccc(OC)c(CN2CCO[C@H](c3cc4cc(F)ccc4cn3)C2)c1. The van der Waals surface area contributed by atoms with Gasteiger partial charge in [-0.2, -0.15) is 0 Å². The van der Waals surface area contributed by atoms with Crippen LogP contribution in [0.2, 0.25) is 0 Å². The molecule has 0 radical (unpaired) electrons. The predicted molar refractivity (Wildman–Crippen MR) is 105 cm³/mol. The maximum absolute atomic E-state index is 13.6. The zero-order valence-corrected chi connectivity index (χ0v) is 16.0. The molecule has 2 aromatic carbocycles. The first-order valence-corrected chi connectivity index (χ1v) is 9.26.